The van der Waals surface area contributed by atoms with E-state index in [2.05, 4.69) is 0 Å². The molecule has 0 unspecified atom stereocenters. The number of sulfonamides is 1. The summed E-state index contributed by atoms with van der Waals surface area (Å²) in [7, 11) is -3.54. The predicted octanol–water partition coefficient (Wildman–Crippen LogP) is 2.27. The molecule has 0 radical (unpaired) electrons. The normalized spacial score (nSPS) is 20.5. The highest BCUT2D eigenvalue weighted by Crippen LogP contribution is 2.29. The molecule has 0 bridgehead atoms. The van der Waals surface area contributed by atoms with Crippen LogP contribution in [0, 0.1) is 10.1 Å². The van der Waals surface area contributed by atoms with Crippen LogP contribution in [0.2, 0.25) is 0 Å². The average Bonchev–Trinajstić information content (AvgIpc) is 2.98. The summed E-state index contributed by atoms with van der Waals surface area (Å²) in [5.41, 5.74) is 7.65. The van der Waals surface area contributed by atoms with Crippen LogP contribution in [-0.4, -0.2) is 36.8 Å². The zero-order valence-corrected chi connectivity index (χ0v) is 15.5. The van der Waals surface area contributed by atoms with Crippen molar-refractivity contribution in [2.24, 2.45) is 5.73 Å². The van der Waals surface area contributed by atoms with Crippen LogP contribution in [0.4, 0.5) is 5.69 Å². The number of halogens is 1. The molecule has 0 amide bonds. The summed E-state index contributed by atoms with van der Waals surface area (Å²) < 4.78 is 26.8. The largest absolute Gasteiger partial charge is 0.326 e. The van der Waals surface area contributed by atoms with E-state index in [1.165, 1.54) is 28.6 Å². The number of non-ortho nitro benzene ring substituents is 1. The van der Waals surface area contributed by atoms with Gasteiger partial charge in [-0.1, -0.05) is 42.5 Å². The van der Waals surface area contributed by atoms with E-state index in [-0.39, 0.29) is 42.4 Å². The maximum atomic E-state index is 12.7. The molecule has 3 rings (SSSR count). The molecule has 26 heavy (non-hydrogen) atoms. The Hall–Kier alpha value is -2.00. The number of nitrogens with zero attached hydrogens (tertiary/aromatic N) is 2. The van der Waals surface area contributed by atoms with E-state index in [4.69, 9.17) is 5.73 Å². The molecule has 1 aliphatic rings. The Morgan fingerprint density at radius 1 is 1.08 bits per heavy atom. The minimum atomic E-state index is -3.54. The third kappa shape index (κ3) is 4.39. The molecule has 0 aromatic heterocycles. The maximum absolute atomic E-state index is 12.7. The average molecular weight is 398 g/mol. The molecule has 2 atom stereocenters. The van der Waals surface area contributed by atoms with Crippen LogP contribution in [0.3, 0.4) is 0 Å². The molecule has 2 N–H and O–H groups in total. The van der Waals surface area contributed by atoms with E-state index in [9.17, 15) is 18.5 Å². The van der Waals surface area contributed by atoms with Crippen molar-refractivity contribution in [2.45, 2.75) is 17.7 Å². The topological polar surface area (TPSA) is 107 Å². The summed E-state index contributed by atoms with van der Waals surface area (Å²) in [5, 5.41) is 10.7. The lowest BCUT2D eigenvalue weighted by atomic mass is 9.95. The summed E-state index contributed by atoms with van der Waals surface area (Å²) in [6, 6.07) is 15.0. The first-order valence-corrected chi connectivity index (χ1v) is 9.49. The fourth-order valence-electron chi connectivity index (χ4n) is 3.09. The van der Waals surface area contributed by atoms with Gasteiger partial charge in [-0.05, 0) is 11.1 Å². The van der Waals surface area contributed by atoms with Crippen molar-refractivity contribution in [3.05, 3.63) is 75.8 Å². The summed E-state index contributed by atoms with van der Waals surface area (Å²) in [6.45, 7) is 0.620. The van der Waals surface area contributed by atoms with E-state index < -0.39 is 14.9 Å². The van der Waals surface area contributed by atoms with Gasteiger partial charge in [-0.2, -0.15) is 4.31 Å². The van der Waals surface area contributed by atoms with Crippen molar-refractivity contribution < 1.29 is 13.3 Å². The number of nitro benzene ring substituents is 1. The first-order chi connectivity index (χ1) is 11.9. The zero-order chi connectivity index (χ0) is 18.0. The van der Waals surface area contributed by atoms with E-state index in [0.29, 0.717) is 12.1 Å². The van der Waals surface area contributed by atoms with Gasteiger partial charge in [0, 0.05) is 37.2 Å². The molecule has 0 spiro atoms. The van der Waals surface area contributed by atoms with Gasteiger partial charge in [-0.15, -0.1) is 12.4 Å². The van der Waals surface area contributed by atoms with Crippen LogP contribution >= 0.6 is 12.4 Å². The molecule has 140 valence electrons. The Morgan fingerprint density at radius 3 is 2.27 bits per heavy atom. The monoisotopic (exact) mass is 397 g/mol. The van der Waals surface area contributed by atoms with Crippen LogP contribution in [-0.2, 0) is 15.8 Å². The lowest BCUT2D eigenvalue weighted by molar-refractivity contribution is -0.384. The zero-order valence-electron chi connectivity index (χ0n) is 13.9. The Balaban J connectivity index is 0.00000243. The highest BCUT2D eigenvalue weighted by Gasteiger charge is 2.37. The highest BCUT2D eigenvalue weighted by atomic mass is 35.5. The number of nitrogens with two attached hydrogens (primary N) is 1. The number of benzene rings is 2. The Kier molecular flexibility index (Phi) is 6.35. The van der Waals surface area contributed by atoms with Gasteiger partial charge < -0.3 is 5.73 Å². The standard InChI is InChI=1S/C17H19N3O4S.ClH/c18-17-11-19(10-16(17)14-4-2-1-3-5-14)25(23,24)12-13-6-8-15(9-7-13)20(21)22;/h1-9,16-17H,10-12,18H2;1H/t16-,17+;/m0./s1. The predicted molar refractivity (Wildman–Crippen MR) is 102 cm³/mol. The quantitative estimate of drug-likeness (QED) is 0.615. The molecule has 0 aliphatic carbocycles. The van der Waals surface area contributed by atoms with Crippen LogP contribution < -0.4 is 5.73 Å². The summed E-state index contributed by atoms with van der Waals surface area (Å²) >= 11 is 0. The van der Waals surface area contributed by atoms with Crippen LogP contribution in [0.5, 0.6) is 0 Å². The third-order valence-electron chi connectivity index (χ3n) is 4.45. The highest BCUT2D eigenvalue weighted by molar-refractivity contribution is 7.88. The summed E-state index contributed by atoms with van der Waals surface area (Å²) in [4.78, 5) is 10.2. The van der Waals surface area contributed by atoms with Crippen molar-refractivity contribution in [1.29, 1.82) is 0 Å². The van der Waals surface area contributed by atoms with Gasteiger partial charge in [0.1, 0.15) is 0 Å². The van der Waals surface area contributed by atoms with Crippen molar-refractivity contribution in [2.75, 3.05) is 13.1 Å². The van der Waals surface area contributed by atoms with Gasteiger partial charge in [0.05, 0.1) is 10.7 Å². The van der Waals surface area contributed by atoms with Gasteiger partial charge in [0.2, 0.25) is 10.0 Å². The smallest absolute Gasteiger partial charge is 0.269 e. The molecule has 0 saturated carbocycles. The Bertz CT molecular complexity index is 859. The summed E-state index contributed by atoms with van der Waals surface area (Å²) in [6.07, 6.45) is 0. The fourth-order valence-corrected chi connectivity index (χ4v) is 4.67. The molecule has 2 aromatic carbocycles. The Morgan fingerprint density at radius 2 is 1.69 bits per heavy atom. The second-order valence-corrected chi connectivity index (χ2v) is 8.15. The molecule has 1 aliphatic heterocycles. The molecule has 1 fully saturated rings. The first-order valence-electron chi connectivity index (χ1n) is 7.88. The minimum absolute atomic E-state index is 0. The van der Waals surface area contributed by atoms with Crippen molar-refractivity contribution in [3.63, 3.8) is 0 Å². The number of hydrogen-bond donors (Lipinski definition) is 1. The molecular formula is C17H20ClN3O4S. The van der Waals surface area contributed by atoms with E-state index in [1.54, 1.807) is 0 Å². The summed E-state index contributed by atoms with van der Waals surface area (Å²) in [5.74, 6) is -0.230. The lowest BCUT2D eigenvalue weighted by Crippen LogP contribution is -2.33. The maximum Gasteiger partial charge on any atom is 0.269 e. The molecule has 2 aromatic rings. The fraction of sp³-hybridized carbons (Fsp3) is 0.294. The molecule has 1 saturated heterocycles. The molecule has 9 heteroatoms. The number of rotatable bonds is 5. The van der Waals surface area contributed by atoms with Crippen molar-refractivity contribution >= 4 is 28.1 Å². The van der Waals surface area contributed by atoms with Gasteiger partial charge >= 0.3 is 0 Å². The van der Waals surface area contributed by atoms with Crippen molar-refractivity contribution in [1.82, 2.24) is 4.31 Å². The Labute approximate surface area is 158 Å². The van der Waals surface area contributed by atoms with E-state index in [1.807, 2.05) is 30.3 Å². The van der Waals surface area contributed by atoms with E-state index in [0.717, 1.165) is 5.56 Å². The minimum Gasteiger partial charge on any atom is -0.326 e. The van der Waals surface area contributed by atoms with Crippen molar-refractivity contribution in [3.8, 4) is 0 Å². The SMILES string of the molecule is Cl.N[C@@H]1CN(S(=O)(=O)Cc2ccc([N+](=O)[O-])cc2)C[C@H]1c1ccccc1. The molecule has 7 nitrogen and oxygen atoms in total. The van der Waals surface area contributed by atoms with Crippen LogP contribution in [0.1, 0.15) is 17.0 Å². The van der Waals surface area contributed by atoms with Crippen LogP contribution in [0.25, 0.3) is 0 Å². The third-order valence-corrected chi connectivity index (χ3v) is 6.23. The van der Waals surface area contributed by atoms with Gasteiger partial charge in [-0.25, -0.2) is 8.42 Å². The lowest BCUT2D eigenvalue weighted by Gasteiger charge is -2.16. The van der Waals surface area contributed by atoms with E-state index >= 15 is 0 Å². The molecular weight excluding hydrogens is 378 g/mol. The molecule has 1 heterocycles. The van der Waals surface area contributed by atoms with Crippen LogP contribution in [0.15, 0.2) is 54.6 Å². The second kappa shape index (κ2) is 8.13. The number of hydrogen-bond acceptors (Lipinski definition) is 5. The number of nitro groups is 1. The second-order valence-electron chi connectivity index (χ2n) is 6.18. The van der Waals surface area contributed by atoms with Gasteiger partial charge in [0.15, 0.2) is 0 Å². The van der Waals surface area contributed by atoms with Gasteiger partial charge in [0.25, 0.3) is 5.69 Å². The van der Waals surface area contributed by atoms with Gasteiger partial charge in [-0.3, -0.25) is 10.1 Å². The first kappa shape index (κ1) is 20.3.